The van der Waals surface area contributed by atoms with Gasteiger partial charge in [-0.1, -0.05) is 23.9 Å². The molecule has 0 spiro atoms. The molecule has 26 heavy (non-hydrogen) atoms. The van der Waals surface area contributed by atoms with Gasteiger partial charge in [0.05, 0.1) is 22.5 Å². The first kappa shape index (κ1) is 18.3. The number of nitro groups is 1. The van der Waals surface area contributed by atoms with Gasteiger partial charge in [0.1, 0.15) is 5.03 Å². The Morgan fingerprint density at radius 2 is 2.23 bits per heavy atom. The third-order valence-corrected chi connectivity index (χ3v) is 4.81. The molecule has 1 aromatic carbocycles. The Hall–Kier alpha value is -2.52. The molecular formula is C17H18N4O4S. The smallest absolute Gasteiger partial charge is 0.270 e. The summed E-state index contributed by atoms with van der Waals surface area (Å²) in [6.45, 7) is 1.30. The molecule has 1 aromatic heterocycles. The van der Waals surface area contributed by atoms with Gasteiger partial charge in [0.25, 0.3) is 5.69 Å². The molecule has 0 aliphatic carbocycles. The maximum atomic E-state index is 11.9. The molecule has 1 amide bonds. The summed E-state index contributed by atoms with van der Waals surface area (Å²) < 4.78 is 5.46. The van der Waals surface area contributed by atoms with E-state index in [0.29, 0.717) is 22.8 Å². The lowest BCUT2D eigenvalue weighted by Crippen LogP contribution is -2.32. The predicted molar refractivity (Wildman–Crippen MR) is 96.8 cm³/mol. The summed E-state index contributed by atoms with van der Waals surface area (Å²) >= 11 is 1.29. The van der Waals surface area contributed by atoms with E-state index in [4.69, 9.17) is 4.74 Å². The third kappa shape index (κ3) is 4.99. The number of benzene rings is 1. The van der Waals surface area contributed by atoms with Crippen molar-refractivity contribution >= 4 is 23.4 Å². The second-order valence-electron chi connectivity index (χ2n) is 5.79. The monoisotopic (exact) mass is 374 g/mol. The number of aromatic nitrogens is 2. The van der Waals surface area contributed by atoms with Crippen molar-refractivity contribution in [3.63, 3.8) is 0 Å². The summed E-state index contributed by atoms with van der Waals surface area (Å²) in [5.74, 6) is 0.174. The molecule has 2 heterocycles. The summed E-state index contributed by atoms with van der Waals surface area (Å²) in [5, 5.41) is 22.5. The number of carbonyl (C=O) groups excluding carboxylic acids is 1. The van der Waals surface area contributed by atoms with E-state index >= 15 is 0 Å². The molecule has 1 saturated heterocycles. The van der Waals surface area contributed by atoms with Crippen molar-refractivity contribution in [3.8, 4) is 11.3 Å². The number of rotatable bonds is 7. The molecular weight excluding hydrogens is 356 g/mol. The van der Waals surface area contributed by atoms with Crippen molar-refractivity contribution in [2.24, 2.45) is 0 Å². The summed E-state index contributed by atoms with van der Waals surface area (Å²) in [7, 11) is 0. The second kappa shape index (κ2) is 8.72. The molecule has 0 saturated carbocycles. The number of hydrogen-bond acceptors (Lipinski definition) is 7. The van der Waals surface area contributed by atoms with Crippen molar-refractivity contribution in [3.05, 3.63) is 46.5 Å². The van der Waals surface area contributed by atoms with Gasteiger partial charge in [-0.05, 0) is 25.0 Å². The Labute approximate surface area is 154 Å². The first-order valence-electron chi connectivity index (χ1n) is 8.21. The average Bonchev–Trinajstić information content (AvgIpc) is 3.19. The Kier molecular flexibility index (Phi) is 6.13. The highest BCUT2D eigenvalue weighted by molar-refractivity contribution is 7.99. The summed E-state index contributed by atoms with van der Waals surface area (Å²) in [5.41, 5.74) is 1.17. The molecule has 136 valence electrons. The Balaban J connectivity index is 1.52. The van der Waals surface area contributed by atoms with Crippen molar-refractivity contribution in [2.75, 3.05) is 18.9 Å². The SMILES string of the molecule is O=C(CSc1ccc(-c2cccc([N+](=O)[O-])c2)nn1)NC[C@@H]1CCCO1. The van der Waals surface area contributed by atoms with Crippen LogP contribution < -0.4 is 5.32 Å². The highest BCUT2D eigenvalue weighted by Gasteiger charge is 2.16. The van der Waals surface area contributed by atoms with Gasteiger partial charge in [-0.2, -0.15) is 0 Å². The Bertz CT molecular complexity index is 779. The fourth-order valence-electron chi connectivity index (χ4n) is 2.55. The van der Waals surface area contributed by atoms with Gasteiger partial charge >= 0.3 is 0 Å². The summed E-state index contributed by atoms with van der Waals surface area (Å²) in [4.78, 5) is 22.3. The lowest BCUT2D eigenvalue weighted by molar-refractivity contribution is -0.384. The van der Waals surface area contributed by atoms with E-state index < -0.39 is 4.92 Å². The standard InChI is InChI=1S/C17H18N4O4S/c22-16(18-10-14-5-2-8-25-14)11-26-17-7-6-15(19-20-17)12-3-1-4-13(9-12)21(23)24/h1,3-4,6-7,9,14H,2,5,8,10-11H2,(H,18,22)/t14-/m0/s1. The van der Waals surface area contributed by atoms with Crippen molar-refractivity contribution < 1.29 is 14.5 Å². The minimum Gasteiger partial charge on any atom is -0.376 e. The van der Waals surface area contributed by atoms with E-state index in [1.807, 2.05) is 0 Å². The topological polar surface area (TPSA) is 107 Å². The van der Waals surface area contributed by atoms with Gasteiger partial charge in [0.2, 0.25) is 5.91 Å². The number of nitrogens with zero attached hydrogens (tertiary/aromatic N) is 3. The quantitative estimate of drug-likeness (QED) is 0.450. The lowest BCUT2D eigenvalue weighted by atomic mass is 10.1. The van der Waals surface area contributed by atoms with Gasteiger partial charge in [-0.15, -0.1) is 10.2 Å². The first-order chi connectivity index (χ1) is 12.6. The number of amides is 1. The van der Waals surface area contributed by atoms with Crippen LogP contribution in [0.2, 0.25) is 0 Å². The van der Waals surface area contributed by atoms with E-state index in [-0.39, 0.29) is 23.5 Å². The molecule has 1 N–H and O–H groups in total. The number of carbonyl (C=O) groups is 1. The van der Waals surface area contributed by atoms with Crippen LogP contribution in [0.25, 0.3) is 11.3 Å². The van der Waals surface area contributed by atoms with Crippen LogP contribution >= 0.6 is 11.8 Å². The molecule has 9 heteroatoms. The van der Waals surface area contributed by atoms with Crippen LogP contribution in [-0.2, 0) is 9.53 Å². The second-order valence-corrected chi connectivity index (χ2v) is 6.79. The fraction of sp³-hybridized carbons (Fsp3) is 0.353. The minimum absolute atomic E-state index is 0.00525. The van der Waals surface area contributed by atoms with Gasteiger partial charge in [-0.3, -0.25) is 14.9 Å². The highest BCUT2D eigenvalue weighted by atomic mass is 32.2. The van der Waals surface area contributed by atoms with Crippen LogP contribution in [0.3, 0.4) is 0 Å². The molecule has 1 aliphatic rings. The minimum atomic E-state index is -0.448. The van der Waals surface area contributed by atoms with Gasteiger partial charge in [0.15, 0.2) is 0 Å². The van der Waals surface area contributed by atoms with E-state index in [0.717, 1.165) is 19.4 Å². The van der Waals surface area contributed by atoms with E-state index in [2.05, 4.69) is 15.5 Å². The third-order valence-electron chi connectivity index (χ3n) is 3.89. The largest absolute Gasteiger partial charge is 0.376 e. The van der Waals surface area contributed by atoms with Crippen LogP contribution in [0.5, 0.6) is 0 Å². The van der Waals surface area contributed by atoms with Crippen molar-refractivity contribution in [1.82, 2.24) is 15.5 Å². The molecule has 0 unspecified atom stereocenters. The van der Waals surface area contributed by atoms with Crippen molar-refractivity contribution in [1.29, 1.82) is 0 Å². The molecule has 1 atom stereocenters. The molecule has 0 bridgehead atoms. The average molecular weight is 374 g/mol. The number of ether oxygens (including phenoxy) is 1. The van der Waals surface area contributed by atoms with Crippen LogP contribution in [-0.4, -0.2) is 46.0 Å². The number of nitro benzene ring substituents is 1. The zero-order valence-electron chi connectivity index (χ0n) is 14.0. The molecule has 0 radical (unpaired) electrons. The van der Waals surface area contributed by atoms with E-state index in [1.165, 1.54) is 23.9 Å². The molecule has 3 rings (SSSR count). The predicted octanol–water partition coefficient (Wildman–Crippen LogP) is 2.44. The van der Waals surface area contributed by atoms with Crippen LogP contribution in [0.4, 0.5) is 5.69 Å². The summed E-state index contributed by atoms with van der Waals surface area (Å²) in [6.07, 6.45) is 2.15. The number of nitrogens with one attached hydrogen (secondary N) is 1. The van der Waals surface area contributed by atoms with Gasteiger partial charge < -0.3 is 10.1 Å². The van der Waals surface area contributed by atoms with E-state index in [1.54, 1.807) is 24.3 Å². The maximum absolute atomic E-state index is 11.9. The number of non-ortho nitro benzene ring substituents is 1. The lowest BCUT2D eigenvalue weighted by Gasteiger charge is -2.10. The molecule has 2 aromatic rings. The maximum Gasteiger partial charge on any atom is 0.270 e. The molecule has 1 fully saturated rings. The van der Waals surface area contributed by atoms with Crippen molar-refractivity contribution in [2.45, 2.75) is 24.0 Å². The fourth-order valence-corrected chi connectivity index (χ4v) is 3.20. The van der Waals surface area contributed by atoms with Crippen LogP contribution in [0, 0.1) is 10.1 Å². The highest BCUT2D eigenvalue weighted by Crippen LogP contribution is 2.23. The summed E-state index contributed by atoms with van der Waals surface area (Å²) in [6, 6.07) is 9.71. The molecule has 8 nitrogen and oxygen atoms in total. The van der Waals surface area contributed by atoms with Crippen LogP contribution in [0.1, 0.15) is 12.8 Å². The molecule has 1 aliphatic heterocycles. The van der Waals surface area contributed by atoms with Crippen LogP contribution in [0.15, 0.2) is 41.4 Å². The zero-order chi connectivity index (χ0) is 18.4. The van der Waals surface area contributed by atoms with Gasteiger partial charge in [0, 0.05) is 30.8 Å². The number of hydrogen-bond donors (Lipinski definition) is 1. The zero-order valence-corrected chi connectivity index (χ0v) is 14.8. The van der Waals surface area contributed by atoms with E-state index in [9.17, 15) is 14.9 Å². The Morgan fingerprint density at radius 3 is 2.92 bits per heavy atom. The normalized spacial score (nSPS) is 16.4. The van der Waals surface area contributed by atoms with Gasteiger partial charge in [-0.25, -0.2) is 0 Å². The number of thioether (sulfide) groups is 1. The first-order valence-corrected chi connectivity index (χ1v) is 9.20. The Morgan fingerprint density at radius 1 is 1.35 bits per heavy atom.